The van der Waals surface area contributed by atoms with Crippen molar-refractivity contribution >= 4 is 26.8 Å². The third kappa shape index (κ3) is 2.60. The zero-order chi connectivity index (χ0) is 14.1. The molecule has 3 heteroatoms. The quantitative estimate of drug-likeness (QED) is 0.757. The van der Waals surface area contributed by atoms with E-state index in [4.69, 9.17) is 0 Å². The van der Waals surface area contributed by atoms with Crippen molar-refractivity contribution in [1.82, 2.24) is 4.98 Å². The van der Waals surface area contributed by atoms with Gasteiger partial charge in [-0.15, -0.1) is 0 Å². The number of rotatable bonds is 2. The van der Waals surface area contributed by atoms with Gasteiger partial charge < -0.3 is 5.11 Å². The summed E-state index contributed by atoms with van der Waals surface area (Å²) in [4.78, 5) is 4.47. The fourth-order valence-electron chi connectivity index (χ4n) is 2.29. The van der Waals surface area contributed by atoms with Crippen LogP contribution in [0.1, 0.15) is 22.9 Å². The zero-order valence-electron chi connectivity index (χ0n) is 11.0. The molecule has 2 aromatic carbocycles. The summed E-state index contributed by atoms with van der Waals surface area (Å²) < 4.78 is 0.965. The molecule has 1 heterocycles. The number of fused-ring (bicyclic) bond motifs is 1. The number of nitrogens with zero attached hydrogens (tertiary/aromatic N) is 1. The molecule has 3 rings (SSSR count). The predicted molar refractivity (Wildman–Crippen MR) is 84.7 cm³/mol. The van der Waals surface area contributed by atoms with Crippen LogP contribution in [-0.2, 0) is 0 Å². The maximum atomic E-state index is 10.5. The second kappa shape index (κ2) is 5.35. The summed E-state index contributed by atoms with van der Waals surface area (Å²) in [6.07, 6.45) is -0.627. The minimum absolute atomic E-state index is 0.627. The Morgan fingerprint density at radius 3 is 2.60 bits per heavy atom. The predicted octanol–water partition coefficient (Wildman–Crippen LogP) is 4.39. The zero-order valence-corrected chi connectivity index (χ0v) is 12.6. The molecular formula is C17H14BrNO. The summed E-state index contributed by atoms with van der Waals surface area (Å²) in [6.45, 7) is 1.98. The van der Waals surface area contributed by atoms with Gasteiger partial charge in [-0.05, 0) is 48.4 Å². The molecule has 1 atom stereocenters. The van der Waals surface area contributed by atoms with E-state index in [0.717, 1.165) is 32.2 Å². The van der Waals surface area contributed by atoms with Gasteiger partial charge in [0, 0.05) is 15.6 Å². The molecular weight excluding hydrogens is 314 g/mol. The molecule has 0 saturated carbocycles. The van der Waals surface area contributed by atoms with E-state index in [-0.39, 0.29) is 0 Å². The number of aryl methyl sites for hydroxylation is 1. The highest BCUT2D eigenvalue weighted by Gasteiger charge is 2.11. The van der Waals surface area contributed by atoms with Gasteiger partial charge in [-0.25, -0.2) is 0 Å². The van der Waals surface area contributed by atoms with E-state index in [1.807, 2.05) is 61.5 Å². The molecule has 3 aromatic rings. The Balaban J connectivity index is 2.03. The fraction of sp³-hybridized carbons (Fsp3) is 0.118. The lowest BCUT2D eigenvalue weighted by Crippen LogP contribution is -1.99. The van der Waals surface area contributed by atoms with Crippen molar-refractivity contribution in [3.63, 3.8) is 0 Å². The summed E-state index contributed by atoms with van der Waals surface area (Å²) in [5, 5.41) is 11.5. The van der Waals surface area contributed by atoms with Crippen molar-refractivity contribution in [1.29, 1.82) is 0 Å². The van der Waals surface area contributed by atoms with E-state index >= 15 is 0 Å². The number of aliphatic hydroxyl groups excluding tert-OH is 1. The molecule has 20 heavy (non-hydrogen) atoms. The van der Waals surface area contributed by atoms with E-state index in [9.17, 15) is 5.11 Å². The van der Waals surface area contributed by atoms with Crippen LogP contribution >= 0.6 is 15.9 Å². The molecule has 0 radical (unpaired) electrons. The van der Waals surface area contributed by atoms with Gasteiger partial charge in [0.25, 0.3) is 0 Å². The van der Waals surface area contributed by atoms with Gasteiger partial charge in [0.05, 0.1) is 5.52 Å². The lowest BCUT2D eigenvalue weighted by molar-refractivity contribution is 0.220. The van der Waals surface area contributed by atoms with Crippen LogP contribution in [0.5, 0.6) is 0 Å². The minimum atomic E-state index is -0.627. The van der Waals surface area contributed by atoms with Gasteiger partial charge in [0.2, 0.25) is 0 Å². The summed E-state index contributed by atoms with van der Waals surface area (Å²) in [7, 11) is 0. The molecule has 0 amide bonds. The molecule has 0 spiro atoms. The van der Waals surface area contributed by atoms with Crippen LogP contribution in [-0.4, -0.2) is 10.1 Å². The van der Waals surface area contributed by atoms with Crippen molar-refractivity contribution < 1.29 is 5.11 Å². The Hall–Kier alpha value is -1.71. The van der Waals surface area contributed by atoms with Crippen molar-refractivity contribution in [3.05, 3.63) is 75.9 Å². The third-order valence-corrected chi connectivity index (χ3v) is 3.83. The highest BCUT2D eigenvalue weighted by Crippen LogP contribution is 2.26. The van der Waals surface area contributed by atoms with Crippen molar-refractivity contribution in [3.8, 4) is 0 Å². The Morgan fingerprint density at radius 1 is 1.00 bits per heavy atom. The second-order valence-electron chi connectivity index (χ2n) is 4.86. The first-order valence-electron chi connectivity index (χ1n) is 6.44. The maximum absolute atomic E-state index is 10.5. The normalized spacial score (nSPS) is 12.6. The fourth-order valence-corrected chi connectivity index (χ4v) is 2.70. The average molecular weight is 328 g/mol. The Morgan fingerprint density at radius 2 is 1.80 bits per heavy atom. The molecule has 1 aromatic heterocycles. The van der Waals surface area contributed by atoms with Gasteiger partial charge in [0.15, 0.2) is 0 Å². The van der Waals surface area contributed by atoms with Crippen LogP contribution in [0.25, 0.3) is 10.9 Å². The lowest BCUT2D eigenvalue weighted by atomic mass is 10.00. The molecule has 0 aliphatic rings. The Labute approximate surface area is 126 Å². The van der Waals surface area contributed by atoms with Crippen LogP contribution in [0.3, 0.4) is 0 Å². The van der Waals surface area contributed by atoms with E-state index in [1.54, 1.807) is 0 Å². The van der Waals surface area contributed by atoms with E-state index in [0.29, 0.717) is 0 Å². The van der Waals surface area contributed by atoms with Crippen LogP contribution < -0.4 is 0 Å². The molecule has 0 aliphatic carbocycles. The molecule has 100 valence electrons. The van der Waals surface area contributed by atoms with Crippen molar-refractivity contribution in [2.75, 3.05) is 0 Å². The first-order chi connectivity index (χ1) is 9.63. The van der Waals surface area contributed by atoms with E-state index < -0.39 is 6.10 Å². The van der Waals surface area contributed by atoms with Gasteiger partial charge in [-0.3, -0.25) is 4.98 Å². The summed E-state index contributed by atoms with van der Waals surface area (Å²) >= 11 is 3.43. The summed E-state index contributed by atoms with van der Waals surface area (Å²) in [5.74, 6) is 0. The maximum Gasteiger partial charge on any atom is 0.104 e. The number of aliphatic hydroxyl groups is 1. The number of halogens is 1. The highest BCUT2D eigenvalue weighted by atomic mass is 79.9. The molecule has 0 fully saturated rings. The molecule has 2 nitrogen and oxygen atoms in total. The van der Waals surface area contributed by atoms with Gasteiger partial charge in [-0.2, -0.15) is 0 Å². The third-order valence-electron chi connectivity index (χ3n) is 3.33. The first-order valence-corrected chi connectivity index (χ1v) is 7.23. The topological polar surface area (TPSA) is 33.1 Å². The molecule has 1 unspecified atom stereocenters. The number of benzene rings is 2. The van der Waals surface area contributed by atoms with Crippen molar-refractivity contribution in [2.24, 2.45) is 0 Å². The monoisotopic (exact) mass is 327 g/mol. The van der Waals surface area contributed by atoms with Crippen molar-refractivity contribution in [2.45, 2.75) is 13.0 Å². The second-order valence-corrected chi connectivity index (χ2v) is 5.78. The largest absolute Gasteiger partial charge is 0.384 e. The summed E-state index contributed by atoms with van der Waals surface area (Å²) in [5.41, 5.74) is 3.70. The Bertz CT molecular complexity index is 770. The van der Waals surface area contributed by atoms with Gasteiger partial charge in [-0.1, -0.05) is 40.2 Å². The van der Waals surface area contributed by atoms with Crippen LogP contribution in [0, 0.1) is 6.92 Å². The molecule has 0 bridgehead atoms. The lowest BCUT2D eigenvalue weighted by Gasteiger charge is -2.12. The number of hydrogen-bond acceptors (Lipinski definition) is 2. The molecule has 0 aliphatic heterocycles. The van der Waals surface area contributed by atoms with E-state index in [2.05, 4.69) is 20.9 Å². The van der Waals surface area contributed by atoms with Crippen LogP contribution in [0.4, 0.5) is 0 Å². The van der Waals surface area contributed by atoms with E-state index in [1.165, 1.54) is 0 Å². The molecule has 1 N–H and O–H groups in total. The number of aromatic nitrogens is 1. The highest BCUT2D eigenvalue weighted by molar-refractivity contribution is 9.10. The standard InChI is InChI=1S/C17H14BrNO/c1-11-5-6-12-9-14(7-8-16(12)19-11)17(20)13-3-2-4-15(18)10-13/h2-10,17,20H,1H3. The number of hydrogen-bond donors (Lipinski definition) is 1. The van der Waals surface area contributed by atoms with Crippen LogP contribution in [0.2, 0.25) is 0 Å². The van der Waals surface area contributed by atoms with Gasteiger partial charge in [0.1, 0.15) is 6.10 Å². The Kier molecular flexibility index (Phi) is 3.55. The SMILES string of the molecule is Cc1ccc2cc(C(O)c3cccc(Br)c3)ccc2n1. The smallest absolute Gasteiger partial charge is 0.104 e. The first kappa shape index (κ1) is 13.3. The number of pyridine rings is 1. The average Bonchev–Trinajstić information content (AvgIpc) is 2.46. The summed E-state index contributed by atoms with van der Waals surface area (Å²) in [6, 6.07) is 17.6. The minimum Gasteiger partial charge on any atom is -0.384 e. The molecule has 0 saturated heterocycles. The van der Waals surface area contributed by atoms with Crippen LogP contribution in [0.15, 0.2) is 59.1 Å². The van der Waals surface area contributed by atoms with Gasteiger partial charge >= 0.3 is 0 Å².